The minimum atomic E-state index is -0.778. The molecule has 0 aliphatic heterocycles. The number of hydrogen-bond acceptors (Lipinski definition) is 4. The van der Waals surface area contributed by atoms with E-state index in [4.69, 9.17) is 10.4 Å². The molecule has 0 aliphatic rings. The Bertz CT molecular complexity index is 463. The van der Waals surface area contributed by atoms with Crippen LogP contribution in [0.1, 0.15) is 17.5 Å². The van der Waals surface area contributed by atoms with Gasteiger partial charge in [0.1, 0.15) is 0 Å². The van der Waals surface area contributed by atoms with E-state index in [1.54, 1.807) is 12.1 Å². The van der Waals surface area contributed by atoms with Crippen molar-refractivity contribution in [3.8, 4) is 6.07 Å². The maximum atomic E-state index is 10.7. The van der Waals surface area contributed by atoms with E-state index in [1.165, 1.54) is 0 Å². The molecule has 0 bridgehead atoms. The second-order valence-corrected chi connectivity index (χ2v) is 5.03. The number of nitriles is 1. The van der Waals surface area contributed by atoms with Gasteiger partial charge in [-0.05, 0) is 31.8 Å². The lowest BCUT2D eigenvalue weighted by Crippen LogP contribution is -2.33. The number of hydrogen-bond donors (Lipinski definition) is 1. The first-order chi connectivity index (χ1) is 9.51. The first kappa shape index (κ1) is 16.2. The van der Waals surface area contributed by atoms with E-state index in [1.807, 2.05) is 26.2 Å². The average Bonchev–Trinajstić information content (AvgIpc) is 2.42. The first-order valence-corrected chi connectivity index (χ1v) is 6.59. The van der Waals surface area contributed by atoms with Gasteiger partial charge in [0.05, 0.1) is 18.1 Å². The summed E-state index contributed by atoms with van der Waals surface area (Å²) in [7, 11) is 3.99. The minimum absolute atomic E-state index is 0.143. The van der Waals surface area contributed by atoms with Crippen molar-refractivity contribution in [3.05, 3.63) is 35.4 Å². The zero-order valence-electron chi connectivity index (χ0n) is 12.0. The summed E-state index contributed by atoms with van der Waals surface area (Å²) in [6, 6.07) is 9.50. The fourth-order valence-electron chi connectivity index (χ4n) is 1.81. The Morgan fingerprint density at radius 2 is 1.85 bits per heavy atom. The van der Waals surface area contributed by atoms with E-state index in [2.05, 4.69) is 15.9 Å². The van der Waals surface area contributed by atoms with Gasteiger partial charge in [-0.2, -0.15) is 5.26 Å². The topological polar surface area (TPSA) is 67.6 Å². The normalized spacial score (nSPS) is 10.8. The minimum Gasteiger partial charge on any atom is -0.481 e. The third-order valence-electron chi connectivity index (χ3n) is 2.99. The lowest BCUT2D eigenvalue weighted by molar-refractivity contribution is -0.137. The van der Waals surface area contributed by atoms with E-state index in [0.717, 1.165) is 18.7 Å². The number of rotatable bonds is 8. The van der Waals surface area contributed by atoms with E-state index >= 15 is 0 Å². The van der Waals surface area contributed by atoms with Gasteiger partial charge in [-0.15, -0.1) is 0 Å². The number of aliphatic carboxylic acids is 1. The predicted molar refractivity (Wildman–Crippen MR) is 77.2 cm³/mol. The van der Waals surface area contributed by atoms with Gasteiger partial charge in [0.2, 0.25) is 0 Å². The van der Waals surface area contributed by atoms with Crippen LogP contribution in [-0.4, -0.2) is 54.6 Å². The number of carboxylic acid groups (broad SMARTS) is 1. The predicted octanol–water partition coefficient (Wildman–Crippen LogP) is 1.40. The molecule has 0 saturated heterocycles. The van der Waals surface area contributed by atoms with Gasteiger partial charge in [0.15, 0.2) is 0 Å². The highest BCUT2D eigenvalue weighted by Crippen LogP contribution is 2.07. The summed E-state index contributed by atoms with van der Waals surface area (Å²) in [5, 5.41) is 17.6. The third kappa shape index (κ3) is 6.32. The highest BCUT2D eigenvalue weighted by atomic mass is 16.4. The molecule has 0 atom stereocenters. The highest BCUT2D eigenvalue weighted by Gasteiger charge is 2.09. The van der Waals surface area contributed by atoms with Crippen molar-refractivity contribution in [2.24, 2.45) is 0 Å². The summed E-state index contributed by atoms with van der Waals surface area (Å²) in [6.45, 7) is 2.94. The fraction of sp³-hybridized carbons (Fsp3) is 0.467. The van der Waals surface area contributed by atoms with Crippen LogP contribution in [0.2, 0.25) is 0 Å². The Morgan fingerprint density at radius 1 is 1.20 bits per heavy atom. The van der Waals surface area contributed by atoms with Gasteiger partial charge >= 0.3 is 5.97 Å². The van der Waals surface area contributed by atoms with Crippen LogP contribution < -0.4 is 0 Å². The lowest BCUT2D eigenvalue weighted by Gasteiger charge is -2.23. The summed E-state index contributed by atoms with van der Waals surface area (Å²) in [4.78, 5) is 14.9. The van der Waals surface area contributed by atoms with E-state index in [-0.39, 0.29) is 6.42 Å². The fourth-order valence-corrected chi connectivity index (χ4v) is 1.81. The molecule has 20 heavy (non-hydrogen) atoms. The van der Waals surface area contributed by atoms with E-state index < -0.39 is 5.97 Å². The molecule has 108 valence electrons. The molecular formula is C15H21N3O2. The van der Waals surface area contributed by atoms with Crippen LogP contribution in [0.3, 0.4) is 0 Å². The average molecular weight is 275 g/mol. The molecule has 1 rings (SSSR count). The third-order valence-corrected chi connectivity index (χ3v) is 2.99. The first-order valence-electron chi connectivity index (χ1n) is 6.59. The maximum Gasteiger partial charge on any atom is 0.304 e. The summed E-state index contributed by atoms with van der Waals surface area (Å²) in [6.07, 6.45) is 0.143. The van der Waals surface area contributed by atoms with Crippen molar-refractivity contribution in [1.82, 2.24) is 9.80 Å². The van der Waals surface area contributed by atoms with Crippen LogP contribution in [0.4, 0.5) is 0 Å². The van der Waals surface area contributed by atoms with Crippen molar-refractivity contribution < 1.29 is 9.90 Å². The summed E-state index contributed by atoms with van der Waals surface area (Å²) < 4.78 is 0. The molecule has 1 aromatic rings. The largest absolute Gasteiger partial charge is 0.481 e. The molecule has 0 spiro atoms. The number of nitrogens with zero attached hydrogens (tertiary/aromatic N) is 3. The zero-order valence-corrected chi connectivity index (χ0v) is 12.0. The van der Waals surface area contributed by atoms with Crippen molar-refractivity contribution in [2.75, 3.05) is 33.7 Å². The van der Waals surface area contributed by atoms with Crippen LogP contribution in [0.25, 0.3) is 0 Å². The summed E-state index contributed by atoms with van der Waals surface area (Å²) in [5.74, 6) is -0.778. The molecular weight excluding hydrogens is 254 g/mol. The lowest BCUT2D eigenvalue weighted by atomic mass is 10.1. The van der Waals surface area contributed by atoms with Crippen molar-refractivity contribution in [1.29, 1.82) is 5.26 Å². The van der Waals surface area contributed by atoms with Crippen LogP contribution in [-0.2, 0) is 11.3 Å². The van der Waals surface area contributed by atoms with Gasteiger partial charge in [0, 0.05) is 26.2 Å². The van der Waals surface area contributed by atoms with Crippen molar-refractivity contribution >= 4 is 5.97 Å². The Morgan fingerprint density at radius 3 is 2.35 bits per heavy atom. The number of carboxylic acids is 1. The molecule has 0 radical (unpaired) electrons. The molecule has 0 heterocycles. The second kappa shape index (κ2) is 8.31. The molecule has 0 fully saturated rings. The van der Waals surface area contributed by atoms with Gasteiger partial charge in [-0.3, -0.25) is 9.69 Å². The SMILES string of the molecule is CN(C)CCN(CCC(=O)O)Cc1ccc(C#N)cc1. The van der Waals surface area contributed by atoms with Crippen LogP contribution in [0.15, 0.2) is 24.3 Å². The molecule has 1 N–H and O–H groups in total. The van der Waals surface area contributed by atoms with Crippen LogP contribution in [0, 0.1) is 11.3 Å². The van der Waals surface area contributed by atoms with Crippen LogP contribution >= 0.6 is 0 Å². The molecule has 0 unspecified atom stereocenters. The highest BCUT2D eigenvalue weighted by molar-refractivity contribution is 5.66. The molecule has 0 aliphatic carbocycles. The standard InChI is InChI=1S/C15H21N3O2/c1-17(2)9-10-18(8-7-15(19)20)12-14-5-3-13(11-16)4-6-14/h3-6H,7-10,12H2,1-2H3,(H,19,20). The van der Waals surface area contributed by atoms with Gasteiger partial charge in [-0.25, -0.2) is 0 Å². The Balaban J connectivity index is 2.61. The van der Waals surface area contributed by atoms with Gasteiger partial charge in [0.25, 0.3) is 0 Å². The molecule has 5 heteroatoms. The molecule has 1 aromatic carbocycles. The van der Waals surface area contributed by atoms with E-state index in [9.17, 15) is 4.79 Å². The van der Waals surface area contributed by atoms with Crippen molar-refractivity contribution in [2.45, 2.75) is 13.0 Å². The Kier molecular flexibility index (Phi) is 6.71. The quantitative estimate of drug-likeness (QED) is 0.776. The Labute approximate surface area is 120 Å². The summed E-state index contributed by atoms with van der Waals surface area (Å²) >= 11 is 0. The summed E-state index contributed by atoms with van der Waals surface area (Å²) in [5.41, 5.74) is 1.73. The molecule has 0 saturated carbocycles. The maximum absolute atomic E-state index is 10.7. The Hall–Kier alpha value is -1.90. The zero-order chi connectivity index (χ0) is 15.0. The monoisotopic (exact) mass is 275 g/mol. The van der Waals surface area contributed by atoms with Gasteiger partial charge in [-0.1, -0.05) is 12.1 Å². The van der Waals surface area contributed by atoms with Gasteiger partial charge < -0.3 is 10.0 Å². The van der Waals surface area contributed by atoms with Crippen LogP contribution in [0.5, 0.6) is 0 Å². The molecule has 5 nitrogen and oxygen atoms in total. The number of benzene rings is 1. The van der Waals surface area contributed by atoms with Crippen molar-refractivity contribution in [3.63, 3.8) is 0 Å². The number of carbonyl (C=O) groups is 1. The number of likely N-dealkylation sites (N-methyl/N-ethyl adjacent to an activating group) is 1. The smallest absolute Gasteiger partial charge is 0.304 e. The molecule has 0 amide bonds. The second-order valence-electron chi connectivity index (χ2n) is 5.03. The van der Waals surface area contributed by atoms with E-state index in [0.29, 0.717) is 18.7 Å². The molecule has 0 aromatic heterocycles.